The number of hydrogen-bond acceptors (Lipinski definition) is 12. The zero-order valence-corrected chi connectivity index (χ0v) is 34.0. The van der Waals surface area contributed by atoms with Gasteiger partial charge in [-0.15, -0.1) is 0 Å². The third-order valence-corrected chi connectivity index (χ3v) is 12.2. The number of piperidine rings is 2. The minimum Gasteiger partial charge on any atom is -0.377 e. The van der Waals surface area contributed by atoms with Crippen molar-refractivity contribution in [3.8, 4) is 6.07 Å². The number of anilines is 4. The summed E-state index contributed by atoms with van der Waals surface area (Å²) in [7, 11) is 1.44. The van der Waals surface area contributed by atoms with Gasteiger partial charge in [0, 0.05) is 89.7 Å². The molecule has 1 atom stereocenters. The summed E-state index contributed by atoms with van der Waals surface area (Å²) in [5.41, 5.74) is 3.84. The van der Waals surface area contributed by atoms with E-state index in [0.717, 1.165) is 107 Å². The minimum atomic E-state index is -1.04. The number of likely N-dealkylation sites (N-methyl/N-ethyl adjacent to an activating group) is 1. The van der Waals surface area contributed by atoms with Crippen molar-refractivity contribution in [1.29, 1.82) is 5.26 Å². The van der Waals surface area contributed by atoms with E-state index in [4.69, 9.17) is 21.6 Å². The van der Waals surface area contributed by atoms with E-state index in [1.807, 2.05) is 36.5 Å². The van der Waals surface area contributed by atoms with Crippen LogP contribution in [0.1, 0.15) is 64.8 Å². The van der Waals surface area contributed by atoms with E-state index in [2.05, 4.69) is 41.3 Å². The number of pyridine rings is 1. The molecule has 1 unspecified atom stereocenters. The summed E-state index contributed by atoms with van der Waals surface area (Å²) in [5, 5.41) is 15.1. The highest BCUT2D eigenvalue weighted by Crippen LogP contribution is 2.31. The molecule has 4 aliphatic rings. The van der Waals surface area contributed by atoms with Gasteiger partial charge in [0.25, 0.3) is 11.8 Å². The number of aromatic nitrogens is 1. The topological polar surface area (TPSA) is 172 Å². The van der Waals surface area contributed by atoms with Crippen molar-refractivity contribution >= 4 is 64.4 Å². The number of nitrogens with zero attached hydrogens (tertiary/aromatic N) is 7. The van der Waals surface area contributed by atoms with E-state index in [1.54, 1.807) is 18.2 Å². The summed E-state index contributed by atoms with van der Waals surface area (Å²) in [6.45, 7) is 7.83. The first-order valence-corrected chi connectivity index (χ1v) is 20.8. The quantitative estimate of drug-likeness (QED) is 0.178. The fourth-order valence-electron chi connectivity index (χ4n) is 8.42. The highest BCUT2D eigenvalue weighted by molar-refractivity contribution is 6.32. The molecule has 0 bridgehead atoms. The Morgan fingerprint density at radius 1 is 0.881 bits per heavy atom. The molecule has 3 aromatic rings. The van der Waals surface area contributed by atoms with Gasteiger partial charge in [-0.2, -0.15) is 5.26 Å². The molecule has 4 aliphatic heterocycles. The first kappa shape index (κ1) is 41.6. The molecule has 3 saturated heterocycles. The van der Waals surface area contributed by atoms with Crippen LogP contribution in [0.5, 0.6) is 0 Å². The second-order valence-electron chi connectivity index (χ2n) is 15.4. The third kappa shape index (κ3) is 9.51. The van der Waals surface area contributed by atoms with Crippen molar-refractivity contribution in [2.24, 2.45) is 5.92 Å². The van der Waals surface area contributed by atoms with E-state index >= 15 is 0 Å². The zero-order chi connectivity index (χ0) is 41.5. The summed E-state index contributed by atoms with van der Waals surface area (Å²) in [6.07, 6.45) is 6.09. The average Bonchev–Trinajstić information content (AvgIpc) is 3.52. The van der Waals surface area contributed by atoms with Crippen LogP contribution in [-0.2, 0) is 19.1 Å². The van der Waals surface area contributed by atoms with E-state index in [-0.39, 0.29) is 41.9 Å². The van der Waals surface area contributed by atoms with Gasteiger partial charge in [0.2, 0.25) is 11.8 Å². The molecular formula is C43H50ClN9O6. The number of piperazine rings is 1. The fourth-order valence-corrected chi connectivity index (χ4v) is 8.64. The molecule has 1 aromatic heterocycles. The van der Waals surface area contributed by atoms with E-state index < -0.39 is 23.8 Å². The first-order chi connectivity index (χ1) is 28.7. The zero-order valence-electron chi connectivity index (χ0n) is 33.3. The number of carbonyl (C=O) groups is 5. The number of rotatable bonds is 14. The summed E-state index contributed by atoms with van der Waals surface area (Å²) in [5.74, 6) is -1.08. The molecule has 59 heavy (non-hydrogen) atoms. The lowest BCUT2D eigenvalue weighted by Crippen LogP contribution is -2.48. The Balaban J connectivity index is 0.797. The molecule has 0 spiro atoms. The standard InChI is InChI=1S/C43H50ClN9O6/c1-46-41(56)38(3-2-23-54)53-42(57)35-8-6-31(25-36(35)43(53)58)52-20-18-49(19-21-52)22-24-59-34-12-16-51(17-13-34)33-7-9-39(47-28-33)48-40(55)29-10-14-50(15-11-29)32-5-4-30(27-45)37(44)26-32/h4-9,23,25-26,28-29,34,38H,2-3,10-22,24H2,1H3,(H,46,56)(H,47,48,55). The smallest absolute Gasteiger partial charge is 0.262 e. The maximum Gasteiger partial charge on any atom is 0.262 e. The molecule has 16 heteroatoms. The number of amides is 4. The van der Waals surface area contributed by atoms with Crippen LogP contribution in [0.25, 0.3) is 0 Å². The lowest BCUT2D eigenvalue weighted by molar-refractivity contribution is -0.125. The Morgan fingerprint density at radius 3 is 2.19 bits per heavy atom. The summed E-state index contributed by atoms with van der Waals surface area (Å²) in [4.78, 5) is 77.7. The van der Waals surface area contributed by atoms with Gasteiger partial charge in [-0.1, -0.05) is 11.6 Å². The third-order valence-electron chi connectivity index (χ3n) is 11.9. The van der Waals surface area contributed by atoms with Crippen LogP contribution in [0.15, 0.2) is 54.7 Å². The molecule has 2 aromatic carbocycles. The van der Waals surface area contributed by atoms with Gasteiger partial charge < -0.3 is 34.9 Å². The van der Waals surface area contributed by atoms with Crippen LogP contribution in [-0.4, -0.2) is 129 Å². The molecule has 4 amide bonds. The predicted molar refractivity (Wildman–Crippen MR) is 224 cm³/mol. The normalized spacial score (nSPS) is 18.4. The molecule has 0 aliphatic carbocycles. The molecule has 7 rings (SSSR count). The average molecular weight is 824 g/mol. The number of halogens is 1. The van der Waals surface area contributed by atoms with Crippen LogP contribution in [0.3, 0.4) is 0 Å². The van der Waals surface area contributed by atoms with Crippen molar-refractivity contribution in [2.75, 3.05) is 92.6 Å². The van der Waals surface area contributed by atoms with Crippen LogP contribution >= 0.6 is 11.6 Å². The maximum atomic E-state index is 13.4. The number of benzene rings is 2. The van der Waals surface area contributed by atoms with E-state index in [0.29, 0.717) is 29.3 Å². The van der Waals surface area contributed by atoms with Gasteiger partial charge in [0.15, 0.2) is 0 Å². The van der Waals surface area contributed by atoms with Crippen molar-refractivity contribution in [1.82, 2.24) is 20.1 Å². The fraction of sp³-hybridized carbons (Fsp3) is 0.465. The predicted octanol–water partition coefficient (Wildman–Crippen LogP) is 3.96. The summed E-state index contributed by atoms with van der Waals surface area (Å²) < 4.78 is 6.31. The number of hydrogen-bond donors (Lipinski definition) is 2. The van der Waals surface area contributed by atoms with Gasteiger partial charge in [-0.3, -0.25) is 29.0 Å². The molecule has 0 radical (unpaired) electrons. The van der Waals surface area contributed by atoms with Gasteiger partial charge in [0.05, 0.1) is 46.3 Å². The van der Waals surface area contributed by atoms with Crippen molar-refractivity contribution in [3.05, 3.63) is 76.4 Å². The lowest BCUT2D eigenvalue weighted by atomic mass is 9.95. The second kappa shape index (κ2) is 19.0. The monoisotopic (exact) mass is 823 g/mol. The first-order valence-electron chi connectivity index (χ1n) is 20.4. The Kier molecular flexibility index (Phi) is 13.4. The van der Waals surface area contributed by atoms with E-state index in [1.165, 1.54) is 7.05 Å². The Hall–Kier alpha value is -5.56. The Labute approximate surface area is 349 Å². The number of nitrogens with one attached hydrogen (secondary N) is 2. The maximum absolute atomic E-state index is 13.4. The summed E-state index contributed by atoms with van der Waals surface area (Å²) in [6, 6.07) is 15.6. The number of carbonyl (C=O) groups excluding carboxylic acids is 5. The van der Waals surface area contributed by atoms with Crippen molar-refractivity contribution in [2.45, 2.75) is 50.7 Å². The molecule has 15 nitrogen and oxygen atoms in total. The van der Waals surface area contributed by atoms with Gasteiger partial charge in [-0.05, 0) is 80.6 Å². The number of nitriles is 1. The highest BCUT2D eigenvalue weighted by Gasteiger charge is 2.42. The molecule has 5 heterocycles. The number of imide groups is 1. The molecule has 3 fully saturated rings. The van der Waals surface area contributed by atoms with Gasteiger partial charge >= 0.3 is 0 Å². The molecule has 0 saturated carbocycles. The minimum absolute atomic E-state index is 0.0198. The summed E-state index contributed by atoms with van der Waals surface area (Å²) >= 11 is 6.23. The lowest BCUT2D eigenvalue weighted by Gasteiger charge is -2.37. The molecular weight excluding hydrogens is 774 g/mol. The Morgan fingerprint density at radius 2 is 1.53 bits per heavy atom. The largest absolute Gasteiger partial charge is 0.377 e. The second-order valence-corrected chi connectivity index (χ2v) is 15.8. The molecule has 2 N–H and O–H groups in total. The van der Waals surface area contributed by atoms with Crippen LogP contribution in [0, 0.1) is 17.2 Å². The number of aldehydes is 1. The van der Waals surface area contributed by atoms with Gasteiger partial charge in [-0.25, -0.2) is 4.98 Å². The molecule has 310 valence electrons. The highest BCUT2D eigenvalue weighted by atomic mass is 35.5. The van der Waals surface area contributed by atoms with Crippen LogP contribution < -0.4 is 25.3 Å². The van der Waals surface area contributed by atoms with Gasteiger partial charge in [0.1, 0.15) is 24.2 Å². The van der Waals surface area contributed by atoms with Crippen molar-refractivity contribution in [3.63, 3.8) is 0 Å². The van der Waals surface area contributed by atoms with Crippen LogP contribution in [0.2, 0.25) is 5.02 Å². The van der Waals surface area contributed by atoms with Crippen molar-refractivity contribution < 1.29 is 28.7 Å². The number of fused-ring (bicyclic) bond motifs is 1. The SMILES string of the molecule is CNC(=O)C(CCC=O)N1C(=O)c2ccc(N3CCN(CCOC4CCN(c5ccc(NC(=O)C6CCN(c7ccc(C#N)c(Cl)c7)CC6)nc5)CC4)CC3)cc2C1=O. The van der Waals surface area contributed by atoms with E-state index in [9.17, 15) is 24.0 Å². The van der Waals surface area contributed by atoms with Crippen LogP contribution in [0.4, 0.5) is 22.9 Å². The Bertz CT molecular complexity index is 2070. The number of ether oxygens (including phenoxy) is 1.